The van der Waals surface area contributed by atoms with Gasteiger partial charge in [-0.3, -0.25) is 9.48 Å². The molecule has 0 aliphatic heterocycles. The summed E-state index contributed by atoms with van der Waals surface area (Å²) in [7, 11) is 0. The molecule has 0 saturated carbocycles. The molecule has 5 heteroatoms. The maximum absolute atomic E-state index is 10.6. The van der Waals surface area contributed by atoms with Gasteiger partial charge < -0.3 is 5.73 Å². The molecule has 1 aromatic heterocycles. The molecule has 1 rings (SSSR count). The molecule has 1 aromatic rings. The lowest BCUT2D eigenvalue weighted by atomic mass is 10.2. The summed E-state index contributed by atoms with van der Waals surface area (Å²) in [5.74, 6) is -0.516. The van der Waals surface area contributed by atoms with Gasteiger partial charge in [-0.15, -0.1) is 0 Å². The van der Waals surface area contributed by atoms with E-state index in [9.17, 15) is 4.79 Å². The van der Waals surface area contributed by atoms with Crippen LogP contribution in [0.3, 0.4) is 0 Å². The smallest absolute Gasteiger partial charge is 0.222 e. The Morgan fingerprint density at radius 1 is 1.82 bits per heavy atom. The second kappa shape index (κ2) is 3.14. The topological polar surface area (TPSA) is 73.8 Å². The van der Waals surface area contributed by atoms with Crippen LogP contribution in [0.25, 0.3) is 0 Å². The van der Waals surface area contributed by atoms with Crippen LogP contribution in [0, 0.1) is 5.92 Å². The van der Waals surface area contributed by atoms with Crippen molar-refractivity contribution < 1.29 is 4.79 Å². The van der Waals surface area contributed by atoms with Crippen molar-refractivity contribution in [1.82, 2.24) is 14.8 Å². The molecule has 0 saturated heterocycles. The minimum atomic E-state index is -0.319. The molecule has 1 amide bonds. The summed E-state index contributed by atoms with van der Waals surface area (Å²) in [4.78, 5) is 14.3. The Morgan fingerprint density at radius 2 is 2.55 bits per heavy atom. The summed E-state index contributed by atoms with van der Waals surface area (Å²) in [5, 5.41) is 3.84. The van der Waals surface area contributed by atoms with Crippen molar-refractivity contribution in [2.45, 2.75) is 13.5 Å². The van der Waals surface area contributed by atoms with Crippen LogP contribution >= 0.6 is 0 Å². The molecule has 5 nitrogen and oxygen atoms in total. The largest absolute Gasteiger partial charge is 0.369 e. The zero-order chi connectivity index (χ0) is 8.27. The number of nitrogens with two attached hydrogens (primary N) is 1. The van der Waals surface area contributed by atoms with Crippen LogP contribution in [-0.4, -0.2) is 20.7 Å². The first-order valence-corrected chi connectivity index (χ1v) is 3.32. The van der Waals surface area contributed by atoms with Gasteiger partial charge in [0.1, 0.15) is 12.7 Å². The summed E-state index contributed by atoms with van der Waals surface area (Å²) in [5.41, 5.74) is 5.05. The zero-order valence-electron chi connectivity index (χ0n) is 6.27. The van der Waals surface area contributed by atoms with E-state index in [0.717, 1.165) is 0 Å². The SMILES string of the molecule is CC(Cn1cncn1)C(N)=O. The highest BCUT2D eigenvalue weighted by molar-refractivity contribution is 5.76. The molecular formula is C6H10N4O. The van der Waals surface area contributed by atoms with Crippen molar-refractivity contribution in [3.63, 3.8) is 0 Å². The standard InChI is InChI=1S/C6H10N4O/c1-5(6(7)11)2-10-4-8-3-9-10/h3-5H,2H2,1H3,(H2,7,11). The molecule has 2 N–H and O–H groups in total. The molecule has 0 aliphatic carbocycles. The van der Waals surface area contributed by atoms with E-state index in [-0.39, 0.29) is 11.8 Å². The third-order valence-corrected chi connectivity index (χ3v) is 1.41. The van der Waals surface area contributed by atoms with Gasteiger partial charge in [0.2, 0.25) is 5.91 Å². The highest BCUT2D eigenvalue weighted by Gasteiger charge is 2.08. The molecule has 0 aliphatic rings. The normalized spacial score (nSPS) is 12.8. The second-order valence-corrected chi connectivity index (χ2v) is 2.42. The van der Waals surface area contributed by atoms with Gasteiger partial charge >= 0.3 is 0 Å². The minimum absolute atomic E-state index is 0.198. The van der Waals surface area contributed by atoms with Gasteiger partial charge in [-0.05, 0) is 0 Å². The van der Waals surface area contributed by atoms with Gasteiger partial charge in [0.05, 0.1) is 12.5 Å². The predicted molar refractivity (Wildman–Crippen MR) is 38.4 cm³/mol. The van der Waals surface area contributed by atoms with Crippen LogP contribution in [0.4, 0.5) is 0 Å². The fourth-order valence-electron chi connectivity index (χ4n) is 0.698. The van der Waals surface area contributed by atoms with Crippen LogP contribution in [0.5, 0.6) is 0 Å². The summed E-state index contributed by atoms with van der Waals surface area (Å²) in [6.07, 6.45) is 2.98. The van der Waals surface area contributed by atoms with E-state index >= 15 is 0 Å². The first kappa shape index (κ1) is 7.71. The van der Waals surface area contributed by atoms with Crippen LogP contribution in [0.2, 0.25) is 0 Å². The number of amides is 1. The Kier molecular flexibility index (Phi) is 2.20. The number of carbonyl (C=O) groups is 1. The lowest BCUT2D eigenvalue weighted by Crippen LogP contribution is -2.24. The molecule has 1 atom stereocenters. The average molecular weight is 154 g/mol. The van der Waals surface area contributed by atoms with Crippen molar-refractivity contribution in [3.05, 3.63) is 12.7 Å². The number of rotatable bonds is 3. The fourth-order valence-corrected chi connectivity index (χ4v) is 0.698. The van der Waals surface area contributed by atoms with Crippen LogP contribution in [-0.2, 0) is 11.3 Å². The van der Waals surface area contributed by atoms with Crippen molar-refractivity contribution in [2.24, 2.45) is 11.7 Å². The van der Waals surface area contributed by atoms with Gasteiger partial charge in [0, 0.05) is 0 Å². The van der Waals surface area contributed by atoms with E-state index in [0.29, 0.717) is 6.54 Å². The van der Waals surface area contributed by atoms with E-state index in [1.807, 2.05) is 0 Å². The number of hydrogen-bond acceptors (Lipinski definition) is 3. The van der Waals surface area contributed by atoms with Crippen molar-refractivity contribution >= 4 is 5.91 Å². The summed E-state index contributed by atoms with van der Waals surface area (Å²) in [6, 6.07) is 0. The highest BCUT2D eigenvalue weighted by Crippen LogP contribution is 1.95. The van der Waals surface area contributed by atoms with E-state index in [1.165, 1.54) is 6.33 Å². The Bertz CT molecular complexity index is 231. The van der Waals surface area contributed by atoms with Gasteiger partial charge in [0.25, 0.3) is 0 Å². The van der Waals surface area contributed by atoms with Crippen LogP contribution < -0.4 is 5.73 Å². The number of nitrogens with zero attached hydrogens (tertiary/aromatic N) is 3. The number of carbonyl (C=O) groups excluding carboxylic acids is 1. The van der Waals surface area contributed by atoms with Gasteiger partial charge in [0.15, 0.2) is 0 Å². The molecule has 0 aromatic carbocycles. The molecule has 0 spiro atoms. The van der Waals surface area contributed by atoms with E-state index in [1.54, 1.807) is 17.9 Å². The number of hydrogen-bond donors (Lipinski definition) is 1. The highest BCUT2D eigenvalue weighted by atomic mass is 16.1. The van der Waals surface area contributed by atoms with Gasteiger partial charge in [-0.1, -0.05) is 6.92 Å². The zero-order valence-corrected chi connectivity index (χ0v) is 6.27. The maximum Gasteiger partial charge on any atom is 0.222 e. The first-order valence-electron chi connectivity index (χ1n) is 3.32. The minimum Gasteiger partial charge on any atom is -0.369 e. The molecule has 11 heavy (non-hydrogen) atoms. The Morgan fingerprint density at radius 3 is 3.00 bits per heavy atom. The Labute approximate surface area is 64.2 Å². The number of aromatic nitrogens is 3. The fraction of sp³-hybridized carbons (Fsp3) is 0.500. The third kappa shape index (κ3) is 2.03. The summed E-state index contributed by atoms with van der Waals surface area (Å²) < 4.78 is 1.58. The molecular weight excluding hydrogens is 144 g/mol. The van der Waals surface area contributed by atoms with Crippen molar-refractivity contribution in [1.29, 1.82) is 0 Å². The second-order valence-electron chi connectivity index (χ2n) is 2.42. The maximum atomic E-state index is 10.6. The van der Waals surface area contributed by atoms with Crippen LogP contribution in [0.15, 0.2) is 12.7 Å². The predicted octanol–water partition coefficient (Wildman–Crippen LogP) is -0.601. The average Bonchev–Trinajstić information content (AvgIpc) is 2.39. The molecule has 0 bridgehead atoms. The number of primary amides is 1. The quantitative estimate of drug-likeness (QED) is 0.631. The van der Waals surface area contributed by atoms with Crippen molar-refractivity contribution in [2.75, 3.05) is 0 Å². The first-order chi connectivity index (χ1) is 5.20. The van der Waals surface area contributed by atoms with Crippen LogP contribution in [0.1, 0.15) is 6.92 Å². The molecule has 0 radical (unpaired) electrons. The monoisotopic (exact) mass is 154 g/mol. The van der Waals surface area contributed by atoms with E-state index in [4.69, 9.17) is 5.73 Å². The third-order valence-electron chi connectivity index (χ3n) is 1.41. The lowest BCUT2D eigenvalue weighted by molar-refractivity contribution is -0.121. The van der Waals surface area contributed by atoms with E-state index < -0.39 is 0 Å². The summed E-state index contributed by atoms with van der Waals surface area (Å²) >= 11 is 0. The summed E-state index contributed by atoms with van der Waals surface area (Å²) in [6.45, 7) is 2.25. The van der Waals surface area contributed by atoms with Gasteiger partial charge in [-0.25, -0.2) is 4.98 Å². The van der Waals surface area contributed by atoms with Gasteiger partial charge in [-0.2, -0.15) is 5.10 Å². The Balaban J connectivity index is 2.50. The molecule has 1 heterocycles. The molecule has 60 valence electrons. The molecule has 0 fully saturated rings. The lowest BCUT2D eigenvalue weighted by Gasteiger charge is -2.04. The molecule has 1 unspecified atom stereocenters. The van der Waals surface area contributed by atoms with Crippen molar-refractivity contribution in [3.8, 4) is 0 Å². The van der Waals surface area contributed by atoms with E-state index in [2.05, 4.69) is 10.1 Å². The Hall–Kier alpha value is -1.39.